The number of hydrogen-bond donors (Lipinski definition) is 0. The molecule has 0 aliphatic heterocycles. The summed E-state index contributed by atoms with van der Waals surface area (Å²) in [6, 6.07) is 16.8. The molecule has 26 heavy (non-hydrogen) atoms. The Balaban J connectivity index is 1.57. The molecule has 0 unspecified atom stereocenters. The summed E-state index contributed by atoms with van der Waals surface area (Å²) in [5, 5.41) is 0. The van der Waals surface area contributed by atoms with Gasteiger partial charge >= 0.3 is 0 Å². The van der Waals surface area contributed by atoms with E-state index >= 15 is 0 Å². The molecule has 1 aromatic heterocycles. The van der Waals surface area contributed by atoms with Crippen molar-refractivity contribution in [2.45, 2.75) is 31.9 Å². The second-order valence-corrected chi connectivity index (χ2v) is 8.32. The first kappa shape index (κ1) is 18.9. The van der Waals surface area contributed by atoms with E-state index in [1.165, 1.54) is 21.3 Å². The van der Waals surface area contributed by atoms with E-state index in [2.05, 4.69) is 58.9 Å². The number of nitrogens with zero attached hydrogens (tertiary/aromatic N) is 2. The van der Waals surface area contributed by atoms with Crippen LogP contribution in [0.4, 0.5) is 0 Å². The van der Waals surface area contributed by atoms with Crippen LogP contribution in [0.15, 0.2) is 53.5 Å². The maximum absolute atomic E-state index is 12.2. The van der Waals surface area contributed by atoms with Crippen LogP contribution in [-0.2, 0) is 24.0 Å². The van der Waals surface area contributed by atoms with Crippen LogP contribution in [-0.4, -0.2) is 16.2 Å². The molecule has 1 amide bonds. The van der Waals surface area contributed by atoms with E-state index in [0.29, 0.717) is 6.42 Å². The lowest BCUT2D eigenvalue weighted by atomic mass is 10.1. The normalized spacial score (nSPS) is 12.0. The molecule has 0 aliphatic carbocycles. The summed E-state index contributed by atoms with van der Waals surface area (Å²) >= 11 is 3.46. The van der Waals surface area contributed by atoms with Crippen LogP contribution in [0.25, 0.3) is 10.2 Å². The zero-order chi connectivity index (χ0) is 18.4. The van der Waals surface area contributed by atoms with Crippen LogP contribution in [0.2, 0.25) is 0 Å². The number of hydrogen-bond acceptors (Lipinski definition) is 3. The van der Waals surface area contributed by atoms with Gasteiger partial charge in [0.05, 0.1) is 10.2 Å². The van der Waals surface area contributed by atoms with Gasteiger partial charge in [-0.1, -0.05) is 60.7 Å². The number of aromatic nitrogens is 1. The molecule has 3 aromatic rings. The molecule has 5 heteroatoms. The number of fused-ring (bicyclic) bond motifs is 1. The van der Waals surface area contributed by atoms with Crippen LogP contribution < -0.4 is 4.80 Å². The lowest BCUT2D eigenvalue weighted by Crippen LogP contribution is -2.13. The molecule has 0 fully saturated rings. The summed E-state index contributed by atoms with van der Waals surface area (Å²) in [5.74, 6) is 1.96. The van der Waals surface area contributed by atoms with Crippen molar-refractivity contribution in [2.75, 3.05) is 5.75 Å². The van der Waals surface area contributed by atoms with Gasteiger partial charge in [-0.2, -0.15) is 16.8 Å². The van der Waals surface area contributed by atoms with E-state index in [1.807, 2.05) is 24.9 Å². The topological polar surface area (TPSA) is 34.4 Å². The third-order valence-corrected chi connectivity index (χ3v) is 6.51. The summed E-state index contributed by atoms with van der Waals surface area (Å²) in [4.78, 5) is 17.4. The third kappa shape index (κ3) is 4.65. The summed E-state index contributed by atoms with van der Waals surface area (Å²) in [6.07, 6.45) is 2.36. The van der Waals surface area contributed by atoms with Gasteiger partial charge in [-0.15, -0.1) is 0 Å². The Kier molecular flexibility index (Phi) is 6.69. The van der Waals surface area contributed by atoms with Crippen molar-refractivity contribution in [3.05, 3.63) is 64.5 Å². The highest BCUT2D eigenvalue weighted by Gasteiger charge is 2.08. The van der Waals surface area contributed by atoms with Gasteiger partial charge in [0.1, 0.15) is 0 Å². The Morgan fingerprint density at radius 3 is 2.73 bits per heavy atom. The predicted molar refractivity (Wildman–Crippen MR) is 113 cm³/mol. The first-order valence-corrected chi connectivity index (χ1v) is 10.9. The number of rotatable bonds is 7. The molecule has 0 radical (unpaired) electrons. The van der Waals surface area contributed by atoms with E-state index in [-0.39, 0.29) is 5.91 Å². The zero-order valence-corrected chi connectivity index (χ0v) is 16.9. The van der Waals surface area contributed by atoms with Crippen molar-refractivity contribution in [1.29, 1.82) is 0 Å². The minimum atomic E-state index is -0.0227. The van der Waals surface area contributed by atoms with Crippen molar-refractivity contribution in [3.63, 3.8) is 0 Å². The molecule has 0 N–H and O–H groups in total. The van der Waals surface area contributed by atoms with E-state index in [4.69, 9.17) is 0 Å². The van der Waals surface area contributed by atoms with Gasteiger partial charge in [0, 0.05) is 19.2 Å². The molecule has 136 valence electrons. The largest absolute Gasteiger partial charge is 0.319 e. The fourth-order valence-corrected chi connectivity index (χ4v) is 4.93. The Hall–Kier alpha value is -1.85. The zero-order valence-electron chi connectivity index (χ0n) is 15.3. The number of benzene rings is 2. The maximum atomic E-state index is 12.2. The number of thiazole rings is 1. The van der Waals surface area contributed by atoms with Gasteiger partial charge in [0.25, 0.3) is 0 Å². The molecule has 3 nitrogen and oxygen atoms in total. The first-order valence-electron chi connectivity index (χ1n) is 8.95. The maximum Gasteiger partial charge on any atom is 0.248 e. The van der Waals surface area contributed by atoms with Gasteiger partial charge in [-0.05, 0) is 35.8 Å². The highest BCUT2D eigenvalue weighted by Crippen LogP contribution is 2.21. The lowest BCUT2D eigenvalue weighted by Gasteiger charge is -2.02. The van der Waals surface area contributed by atoms with Crippen molar-refractivity contribution in [3.8, 4) is 0 Å². The molecule has 2 aromatic carbocycles. The monoisotopic (exact) mass is 384 g/mol. The average molecular weight is 385 g/mol. The van der Waals surface area contributed by atoms with Crippen LogP contribution in [0.5, 0.6) is 0 Å². The highest BCUT2D eigenvalue weighted by molar-refractivity contribution is 7.98. The summed E-state index contributed by atoms with van der Waals surface area (Å²) in [7, 11) is 2.00. The van der Waals surface area contributed by atoms with Crippen molar-refractivity contribution in [2.24, 2.45) is 12.0 Å². The third-order valence-electron chi connectivity index (χ3n) is 4.30. The SMILES string of the molecule is CCc1cccc2sc(=NC(=O)CCCSCc3ccccc3)n(C)c12. The molecule has 0 saturated heterocycles. The lowest BCUT2D eigenvalue weighted by molar-refractivity contribution is -0.118. The quantitative estimate of drug-likeness (QED) is 0.541. The average Bonchev–Trinajstić information content (AvgIpc) is 2.98. The van der Waals surface area contributed by atoms with Gasteiger partial charge in [-0.25, -0.2) is 0 Å². The Labute approximate surface area is 162 Å². The number of amides is 1. The number of para-hydroxylation sites is 1. The van der Waals surface area contributed by atoms with Crippen molar-refractivity contribution >= 4 is 39.2 Å². The van der Waals surface area contributed by atoms with Crippen molar-refractivity contribution < 1.29 is 4.79 Å². The van der Waals surface area contributed by atoms with Crippen LogP contribution >= 0.6 is 23.1 Å². The molecule has 0 bridgehead atoms. The molecule has 0 saturated carbocycles. The Morgan fingerprint density at radius 2 is 1.96 bits per heavy atom. The fourth-order valence-electron chi connectivity index (χ4n) is 2.93. The minimum absolute atomic E-state index is 0.0227. The van der Waals surface area contributed by atoms with Crippen LogP contribution in [0.3, 0.4) is 0 Å². The van der Waals surface area contributed by atoms with Gasteiger partial charge in [0.2, 0.25) is 5.91 Å². The van der Waals surface area contributed by atoms with Gasteiger partial charge in [0.15, 0.2) is 4.80 Å². The Morgan fingerprint density at radius 1 is 1.15 bits per heavy atom. The summed E-state index contributed by atoms with van der Waals surface area (Å²) < 4.78 is 3.25. The molecular formula is C21H24N2OS2. The first-order chi connectivity index (χ1) is 12.7. The van der Waals surface area contributed by atoms with Gasteiger partial charge < -0.3 is 4.57 Å². The molecule has 1 heterocycles. The van der Waals surface area contributed by atoms with Gasteiger partial charge in [-0.3, -0.25) is 4.79 Å². The van der Waals surface area contributed by atoms with Crippen molar-refractivity contribution in [1.82, 2.24) is 4.57 Å². The Bertz CT molecular complexity index is 942. The second-order valence-electron chi connectivity index (χ2n) is 6.21. The molecule has 3 rings (SSSR count). The number of thioether (sulfide) groups is 1. The second kappa shape index (κ2) is 9.19. The molecule has 0 atom stereocenters. The standard InChI is InChI=1S/C21H24N2OS2/c1-3-17-11-7-12-18-20(17)23(2)21(26-18)22-19(24)13-8-14-25-15-16-9-5-4-6-10-16/h4-7,9-12H,3,8,13-15H2,1-2H3. The number of carbonyl (C=O) groups excluding carboxylic acids is 1. The van der Waals surface area contributed by atoms with Crippen LogP contribution in [0.1, 0.15) is 30.9 Å². The fraction of sp³-hybridized carbons (Fsp3) is 0.333. The van der Waals surface area contributed by atoms with E-state index in [9.17, 15) is 4.79 Å². The van der Waals surface area contributed by atoms with E-state index < -0.39 is 0 Å². The number of aryl methyl sites for hydroxylation is 2. The molecule has 0 aliphatic rings. The highest BCUT2D eigenvalue weighted by atomic mass is 32.2. The smallest absolute Gasteiger partial charge is 0.248 e. The van der Waals surface area contributed by atoms with Crippen LogP contribution in [0, 0.1) is 0 Å². The summed E-state index contributed by atoms with van der Waals surface area (Å²) in [5.41, 5.74) is 3.83. The summed E-state index contributed by atoms with van der Waals surface area (Å²) in [6.45, 7) is 2.15. The molecule has 0 spiro atoms. The number of carbonyl (C=O) groups is 1. The van der Waals surface area contributed by atoms with E-state index in [1.54, 1.807) is 11.3 Å². The predicted octanol–water partition coefficient (Wildman–Crippen LogP) is 4.94. The van der Waals surface area contributed by atoms with E-state index in [0.717, 1.165) is 29.1 Å². The molecular weight excluding hydrogens is 360 g/mol. The minimum Gasteiger partial charge on any atom is -0.319 e.